The molecule has 0 spiro atoms. The number of hydrogen-bond donors (Lipinski definition) is 1. The Bertz CT molecular complexity index is 872. The van der Waals surface area contributed by atoms with Crippen LogP contribution < -0.4 is 0 Å². The van der Waals surface area contributed by atoms with Gasteiger partial charge in [-0.25, -0.2) is 0 Å². The van der Waals surface area contributed by atoms with Crippen molar-refractivity contribution in [1.82, 2.24) is 14.8 Å². The highest BCUT2D eigenvalue weighted by molar-refractivity contribution is 7.99. The molecule has 0 aliphatic carbocycles. The Labute approximate surface area is 157 Å². The number of nitrogens with zero attached hydrogens (tertiary/aromatic N) is 3. The summed E-state index contributed by atoms with van der Waals surface area (Å²) < 4.78 is 2.04. The molecule has 132 valence electrons. The molecule has 5 heteroatoms. The Morgan fingerprint density at radius 1 is 1.00 bits per heavy atom. The topological polar surface area (TPSA) is 50.9 Å². The van der Waals surface area contributed by atoms with Gasteiger partial charge in [0.2, 0.25) is 0 Å². The van der Waals surface area contributed by atoms with Gasteiger partial charge in [0.1, 0.15) is 5.75 Å². The molecule has 1 unspecified atom stereocenters. The predicted molar refractivity (Wildman–Crippen MR) is 107 cm³/mol. The van der Waals surface area contributed by atoms with Crippen LogP contribution in [0.25, 0.3) is 11.4 Å². The molecule has 1 heterocycles. The molecule has 1 atom stereocenters. The van der Waals surface area contributed by atoms with Crippen LogP contribution in [0, 0.1) is 0 Å². The van der Waals surface area contributed by atoms with Gasteiger partial charge in [-0.15, -0.1) is 23.4 Å². The van der Waals surface area contributed by atoms with E-state index in [2.05, 4.69) is 35.5 Å². The van der Waals surface area contributed by atoms with Gasteiger partial charge in [-0.3, -0.25) is 4.57 Å². The molecule has 0 radical (unpaired) electrons. The van der Waals surface area contributed by atoms with Crippen molar-refractivity contribution in [3.63, 3.8) is 0 Å². The molecule has 0 amide bonds. The third-order valence-corrected chi connectivity index (χ3v) is 5.22. The number of phenolic OH excluding ortho intramolecular Hbond substituents is 1. The lowest BCUT2D eigenvalue weighted by Crippen LogP contribution is -2.02. The van der Waals surface area contributed by atoms with Crippen molar-refractivity contribution in [2.75, 3.05) is 0 Å². The minimum absolute atomic E-state index is 0.217. The second-order valence-electron chi connectivity index (χ2n) is 5.79. The molecule has 0 saturated heterocycles. The summed E-state index contributed by atoms with van der Waals surface area (Å²) in [6.07, 6.45) is 4.60. The quantitative estimate of drug-likeness (QED) is 0.439. The fraction of sp³-hybridized carbons (Fsp3) is 0.143. The molecule has 1 N–H and O–H groups in total. The van der Waals surface area contributed by atoms with Crippen LogP contribution in [-0.2, 0) is 6.54 Å². The van der Waals surface area contributed by atoms with Crippen molar-refractivity contribution in [3.05, 3.63) is 85.5 Å². The molecule has 0 saturated carbocycles. The predicted octanol–water partition coefficient (Wildman–Crippen LogP) is 5.25. The second-order valence-corrected chi connectivity index (χ2v) is 6.96. The molecule has 3 aromatic rings. The molecular weight excluding hydrogens is 342 g/mol. The van der Waals surface area contributed by atoms with Crippen LogP contribution in [0.2, 0.25) is 0 Å². The fourth-order valence-corrected chi connectivity index (χ4v) is 3.85. The van der Waals surface area contributed by atoms with Crippen LogP contribution in [0.4, 0.5) is 0 Å². The molecule has 0 fully saturated rings. The highest BCUT2D eigenvalue weighted by Gasteiger charge is 2.19. The number of benzene rings is 2. The van der Waals surface area contributed by atoms with Crippen molar-refractivity contribution in [1.29, 1.82) is 0 Å². The van der Waals surface area contributed by atoms with E-state index in [4.69, 9.17) is 0 Å². The zero-order valence-electron chi connectivity index (χ0n) is 14.5. The third kappa shape index (κ3) is 4.06. The highest BCUT2D eigenvalue weighted by Crippen LogP contribution is 2.38. The standard InChI is InChI=1S/C21H21N3OS/c1-3-8-19(16-9-6-5-7-10-16)26-21-23-22-20(24(21)15-4-2)17-11-13-18(25)14-12-17/h3-7,9-14,19,25H,1-2,8,15H2. The Balaban J connectivity index is 1.95. The lowest BCUT2D eigenvalue weighted by Gasteiger charge is -2.15. The smallest absolute Gasteiger partial charge is 0.192 e. The Morgan fingerprint density at radius 2 is 1.73 bits per heavy atom. The van der Waals surface area contributed by atoms with E-state index in [1.165, 1.54) is 5.56 Å². The Kier molecular flexibility index (Phi) is 5.92. The van der Waals surface area contributed by atoms with Gasteiger partial charge in [0.05, 0.1) is 0 Å². The molecule has 1 aromatic heterocycles. The molecule has 26 heavy (non-hydrogen) atoms. The number of allylic oxidation sites excluding steroid dienone is 2. The maximum absolute atomic E-state index is 9.51. The summed E-state index contributed by atoms with van der Waals surface area (Å²) in [5.74, 6) is 0.992. The van der Waals surface area contributed by atoms with E-state index in [9.17, 15) is 5.11 Å². The average molecular weight is 363 g/mol. The van der Waals surface area contributed by atoms with Crippen molar-refractivity contribution in [2.45, 2.75) is 23.4 Å². The third-order valence-electron chi connectivity index (χ3n) is 3.95. The van der Waals surface area contributed by atoms with Crippen LogP contribution in [0.3, 0.4) is 0 Å². The van der Waals surface area contributed by atoms with E-state index in [-0.39, 0.29) is 11.0 Å². The SMILES string of the molecule is C=CCC(Sc1nnc(-c2ccc(O)cc2)n1CC=C)c1ccccc1. The van der Waals surface area contributed by atoms with Gasteiger partial charge in [-0.1, -0.05) is 54.2 Å². The van der Waals surface area contributed by atoms with E-state index in [0.29, 0.717) is 6.54 Å². The van der Waals surface area contributed by atoms with Gasteiger partial charge < -0.3 is 5.11 Å². The van der Waals surface area contributed by atoms with Crippen molar-refractivity contribution >= 4 is 11.8 Å². The normalized spacial score (nSPS) is 11.8. The van der Waals surface area contributed by atoms with Gasteiger partial charge in [-0.05, 0) is 36.2 Å². The van der Waals surface area contributed by atoms with Gasteiger partial charge in [-0.2, -0.15) is 0 Å². The average Bonchev–Trinajstić information content (AvgIpc) is 3.06. The first kappa shape index (κ1) is 18.0. The molecule has 2 aromatic carbocycles. The van der Waals surface area contributed by atoms with Gasteiger partial charge in [0, 0.05) is 17.4 Å². The Hall–Kier alpha value is -2.79. The summed E-state index contributed by atoms with van der Waals surface area (Å²) in [5, 5.41) is 19.4. The van der Waals surface area contributed by atoms with Crippen LogP contribution in [-0.4, -0.2) is 19.9 Å². The van der Waals surface area contributed by atoms with E-state index in [0.717, 1.165) is 23.0 Å². The number of phenols is 1. The number of hydrogen-bond acceptors (Lipinski definition) is 4. The summed E-state index contributed by atoms with van der Waals surface area (Å²) in [4.78, 5) is 0. The summed E-state index contributed by atoms with van der Waals surface area (Å²) in [6.45, 7) is 8.36. The number of aromatic hydroxyl groups is 1. The van der Waals surface area contributed by atoms with Crippen LogP contribution in [0.5, 0.6) is 5.75 Å². The molecule has 0 bridgehead atoms. The molecular formula is C21H21N3OS. The fourth-order valence-electron chi connectivity index (χ4n) is 2.69. The summed E-state index contributed by atoms with van der Waals surface area (Å²) in [5.41, 5.74) is 2.14. The molecule has 3 rings (SSSR count). The number of thioether (sulfide) groups is 1. The van der Waals surface area contributed by atoms with Gasteiger partial charge in [0.25, 0.3) is 0 Å². The van der Waals surface area contributed by atoms with Gasteiger partial charge >= 0.3 is 0 Å². The van der Waals surface area contributed by atoms with Crippen molar-refractivity contribution < 1.29 is 5.11 Å². The molecule has 0 aliphatic heterocycles. The molecule has 0 aliphatic rings. The van der Waals surface area contributed by atoms with E-state index >= 15 is 0 Å². The monoisotopic (exact) mass is 363 g/mol. The maximum Gasteiger partial charge on any atom is 0.192 e. The first-order chi connectivity index (χ1) is 12.7. The lowest BCUT2D eigenvalue weighted by molar-refractivity contribution is 0.475. The lowest BCUT2D eigenvalue weighted by atomic mass is 10.1. The van der Waals surface area contributed by atoms with Crippen LogP contribution in [0.15, 0.2) is 85.1 Å². The maximum atomic E-state index is 9.51. The number of aromatic nitrogens is 3. The first-order valence-corrected chi connectivity index (χ1v) is 9.27. The molecule has 4 nitrogen and oxygen atoms in total. The largest absolute Gasteiger partial charge is 0.508 e. The zero-order chi connectivity index (χ0) is 18.4. The van der Waals surface area contributed by atoms with Crippen LogP contribution >= 0.6 is 11.8 Å². The van der Waals surface area contributed by atoms with Gasteiger partial charge in [0.15, 0.2) is 11.0 Å². The minimum atomic E-state index is 0.217. The number of rotatable bonds is 8. The minimum Gasteiger partial charge on any atom is -0.508 e. The van der Waals surface area contributed by atoms with Crippen molar-refractivity contribution in [3.8, 4) is 17.1 Å². The van der Waals surface area contributed by atoms with Crippen molar-refractivity contribution in [2.24, 2.45) is 0 Å². The summed E-state index contributed by atoms with van der Waals surface area (Å²) in [6, 6.07) is 17.3. The summed E-state index contributed by atoms with van der Waals surface area (Å²) >= 11 is 1.67. The second kappa shape index (κ2) is 8.54. The summed E-state index contributed by atoms with van der Waals surface area (Å²) in [7, 11) is 0. The zero-order valence-corrected chi connectivity index (χ0v) is 15.3. The van der Waals surface area contributed by atoms with E-state index in [1.807, 2.05) is 47.1 Å². The van der Waals surface area contributed by atoms with Crippen LogP contribution in [0.1, 0.15) is 17.2 Å². The van der Waals surface area contributed by atoms with E-state index < -0.39 is 0 Å². The Morgan fingerprint density at radius 3 is 2.38 bits per heavy atom. The van der Waals surface area contributed by atoms with E-state index in [1.54, 1.807) is 23.9 Å². The highest BCUT2D eigenvalue weighted by atomic mass is 32.2. The first-order valence-electron chi connectivity index (χ1n) is 8.39.